The van der Waals surface area contributed by atoms with Crippen LogP contribution in [0.15, 0.2) is 0 Å². The quantitative estimate of drug-likeness (QED) is 0.369. The van der Waals surface area contributed by atoms with E-state index in [1.54, 1.807) is 0 Å². The molecule has 8 heteroatoms. The fourth-order valence-electron chi connectivity index (χ4n) is 2.95. The molecule has 1 unspecified atom stereocenters. The van der Waals surface area contributed by atoms with Gasteiger partial charge in [-0.3, -0.25) is 9.59 Å². The summed E-state index contributed by atoms with van der Waals surface area (Å²) in [7, 11) is -0.932. The van der Waals surface area contributed by atoms with Gasteiger partial charge in [0.05, 0.1) is 6.61 Å². The SMILES string of the molecule is [3H][B]OC[C@]1(C#C[Si](CC)(CC)CC)CC(OC(C)=O)[C@@H](OC(C)=O)O1. The van der Waals surface area contributed by atoms with E-state index >= 15 is 0 Å². The second-order valence-electron chi connectivity index (χ2n) is 6.34. The van der Waals surface area contributed by atoms with Crippen molar-refractivity contribution in [3.8, 4) is 11.5 Å². The molecule has 0 amide bonds. The van der Waals surface area contributed by atoms with Crippen molar-refractivity contribution in [1.82, 2.24) is 0 Å². The van der Waals surface area contributed by atoms with Crippen molar-refractivity contribution in [3.63, 3.8) is 0 Å². The first-order valence-electron chi connectivity index (χ1n) is 9.21. The van der Waals surface area contributed by atoms with Crippen molar-refractivity contribution in [2.45, 2.75) is 77.2 Å². The smallest absolute Gasteiger partial charge is 0.305 e. The maximum Gasteiger partial charge on any atom is 0.305 e. The Morgan fingerprint density at radius 1 is 1.24 bits per heavy atom. The van der Waals surface area contributed by atoms with Gasteiger partial charge in [-0.05, 0) is 18.1 Å². The Balaban J connectivity index is 3.18. The van der Waals surface area contributed by atoms with E-state index in [1.807, 2.05) is 0 Å². The molecule has 1 radical (unpaired) electrons. The highest BCUT2D eigenvalue weighted by molar-refractivity contribution is 6.87. The molecule has 1 aliphatic rings. The van der Waals surface area contributed by atoms with Gasteiger partial charge in [-0.1, -0.05) is 26.7 Å². The van der Waals surface area contributed by atoms with E-state index in [0.717, 1.165) is 26.1 Å². The Morgan fingerprint density at radius 3 is 2.32 bits per heavy atom. The van der Waals surface area contributed by atoms with E-state index in [1.165, 1.54) is 13.8 Å². The number of carbonyl (C=O) groups is 2. The molecule has 0 aromatic heterocycles. The minimum atomic E-state index is -1.75. The van der Waals surface area contributed by atoms with Crippen LogP contribution in [0.5, 0.6) is 0 Å². The first kappa shape index (κ1) is 20.0. The summed E-state index contributed by atoms with van der Waals surface area (Å²) in [6, 6.07) is 3.07. The summed E-state index contributed by atoms with van der Waals surface area (Å²) in [6.45, 7) is 8.99. The number of esters is 2. The normalized spacial score (nSPS) is 26.2. The summed E-state index contributed by atoms with van der Waals surface area (Å²) in [6.07, 6.45) is -1.59. The van der Waals surface area contributed by atoms with Gasteiger partial charge in [0.15, 0.2) is 11.7 Å². The zero-order valence-electron chi connectivity index (χ0n) is 16.7. The van der Waals surface area contributed by atoms with Crippen molar-refractivity contribution in [3.05, 3.63) is 0 Å². The minimum Gasteiger partial charge on any atom is -0.456 e. The van der Waals surface area contributed by atoms with E-state index in [2.05, 4.69) is 32.2 Å². The molecular formula is C17H28BO6Si. The molecule has 6 nitrogen and oxygen atoms in total. The molecule has 0 N–H and O–H groups in total. The Kier molecular flexibility index (Phi) is 7.54. The molecule has 25 heavy (non-hydrogen) atoms. The topological polar surface area (TPSA) is 71.1 Å². The van der Waals surface area contributed by atoms with E-state index < -0.39 is 38.0 Å². The summed E-state index contributed by atoms with van der Waals surface area (Å²) in [5.74, 6) is 2.18. The molecule has 1 heterocycles. The largest absolute Gasteiger partial charge is 0.456 e. The molecule has 1 saturated heterocycles. The first-order chi connectivity index (χ1) is 12.2. The molecule has 1 fully saturated rings. The van der Waals surface area contributed by atoms with Gasteiger partial charge in [-0.15, -0.1) is 5.54 Å². The van der Waals surface area contributed by atoms with Crippen molar-refractivity contribution in [1.29, 1.82) is 1.34 Å². The van der Waals surface area contributed by atoms with Gasteiger partial charge in [0.25, 0.3) is 8.01 Å². The van der Waals surface area contributed by atoms with Crippen molar-refractivity contribution in [2.24, 2.45) is 0 Å². The molecule has 3 atom stereocenters. The molecule has 0 bridgehead atoms. The molecule has 139 valence electrons. The second-order valence-corrected chi connectivity index (χ2v) is 11.3. The monoisotopic (exact) mass is 369 g/mol. The minimum absolute atomic E-state index is 0.000647. The van der Waals surface area contributed by atoms with Crippen molar-refractivity contribution < 1.29 is 28.5 Å². The van der Waals surface area contributed by atoms with Gasteiger partial charge in [0, 0.05) is 21.6 Å². The standard InChI is InChI=1S/C17H28BO6Si/c1-6-25(7-2,8-3)10-9-17(12-21-18)11-15(22-13(4)19)16(24-17)23-14(5)20/h15-16,18H,6-8,11-12H2,1-5H3/t15?,16-,17-/m0/s1/i18T. The van der Waals surface area contributed by atoms with Gasteiger partial charge in [-0.2, -0.15) is 0 Å². The third-order valence-electron chi connectivity index (χ3n) is 4.68. The Bertz CT molecular complexity index is 525. The molecular weight excluding hydrogens is 339 g/mol. The maximum atomic E-state index is 11.4. The zero-order valence-corrected chi connectivity index (χ0v) is 16.7. The molecule has 0 spiro atoms. The lowest BCUT2D eigenvalue weighted by Gasteiger charge is -2.25. The van der Waals surface area contributed by atoms with Gasteiger partial charge < -0.3 is 18.9 Å². The number of hydrogen-bond donors (Lipinski definition) is 0. The molecule has 0 aromatic rings. The number of ether oxygens (including phenoxy) is 3. The van der Waals surface area contributed by atoms with Crippen LogP contribution in [0, 0.1) is 11.5 Å². The van der Waals surface area contributed by atoms with Crippen LogP contribution < -0.4 is 0 Å². The summed E-state index contributed by atoms with van der Waals surface area (Å²) in [5, 5.41) is 0. The molecule has 0 aliphatic carbocycles. The van der Waals surface area contributed by atoms with Crippen LogP contribution in [0.3, 0.4) is 0 Å². The van der Waals surface area contributed by atoms with Crippen LogP contribution in [0.4, 0.5) is 0 Å². The highest BCUT2D eigenvalue weighted by atomic mass is 28.3. The van der Waals surface area contributed by atoms with E-state index in [0.29, 0.717) is 0 Å². The first-order valence-corrected chi connectivity index (χ1v) is 11.3. The van der Waals surface area contributed by atoms with E-state index in [4.69, 9.17) is 20.2 Å². The zero-order chi connectivity index (χ0) is 19.8. The highest BCUT2D eigenvalue weighted by Gasteiger charge is 2.49. The van der Waals surface area contributed by atoms with E-state index in [-0.39, 0.29) is 13.0 Å². The van der Waals surface area contributed by atoms with Crippen LogP contribution in [0.25, 0.3) is 0 Å². The lowest BCUT2D eigenvalue weighted by molar-refractivity contribution is -0.200. The Labute approximate surface area is 153 Å². The third kappa shape index (κ3) is 5.87. The maximum absolute atomic E-state index is 11.4. The molecule has 1 aliphatic heterocycles. The van der Waals surface area contributed by atoms with Gasteiger partial charge >= 0.3 is 11.9 Å². The Morgan fingerprint density at radius 2 is 1.84 bits per heavy atom. The van der Waals surface area contributed by atoms with Crippen molar-refractivity contribution >= 4 is 28.0 Å². The van der Waals surface area contributed by atoms with Crippen LogP contribution in [-0.2, 0) is 28.5 Å². The van der Waals surface area contributed by atoms with Crippen molar-refractivity contribution in [2.75, 3.05) is 6.61 Å². The summed E-state index contributed by atoms with van der Waals surface area (Å²) < 4.78 is 28.6. The number of carbonyl (C=O) groups excluding carboxylic acids is 2. The van der Waals surface area contributed by atoms with Gasteiger partial charge in [0.1, 0.15) is 8.07 Å². The van der Waals surface area contributed by atoms with Crippen LogP contribution in [-0.4, -0.2) is 54.0 Å². The predicted molar refractivity (Wildman–Crippen MR) is 97.6 cm³/mol. The average Bonchev–Trinajstić information content (AvgIpc) is 2.91. The average molecular weight is 369 g/mol. The number of hydrogen-bond acceptors (Lipinski definition) is 6. The van der Waals surface area contributed by atoms with Crippen LogP contribution >= 0.6 is 0 Å². The fourth-order valence-corrected chi connectivity index (χ4v) is 5.47. The molecule has 0 aromatic carbocycles. The van der Waals surface area contributed by atoms with Crippen LogP contribution in [0.2, 0.25) is 18.1 Å². The fraction of sp³-hybridized carbons (Fsp3) is 0.765. The van der Waals surface area contributed by atoms with Gasteiger partial charge in [0.2, 0.25) is 6.29 Å². The van der Waals surface area contributed by atoms with E-state index in [9.17, 15) is 9.59 Å². The van der Waals surface area contributed by atoms with Crippen LogP contribution in [0.1, 0.15) is 41.0 Å². The van der Waals surface area contributed by atoms with Gasteiger partial charge in [-0.25, -0.2) is 0 Å². The highest BCUT2D eigenvalue weighted by Crippen LogP contribution is 2.34. The lowest BCUT2D eigenvalue weighted by atomic mass is 10.0. The number of rotatable bonds is 8. The summed E-state index contributed by atoms with van der Waals surface area (Å²) >= 11 is 0. The summed E-state index contributed by atoms with van der Waals surface area (Å²) in [4.78, 5) is 22.8. The molecule has 0 saturated carbocycles. The summed E-state index contributed by atoms with van der Waals surface area (Å²) in [5.41, 5.74) is 2.36. The molecule has 1 rings (SSSR count). The Hall–Kier alpha value is -1.30. The second kappa shape index (κ2) is 9.41. The third-order valence-corrected chi connectivity index (χ3v) is 9.39. The predicted octanol–water partition coefficient (Wildman–Crippen LogP) is 1.85. The lowest BCUT2D eigenvalue weighted by Crippen LogP contribution is -2.36.